The number of benzene rings is 2. The van der Waals surface area contributed by atoms with E-state index < -0.39 is 23.5 Å². The van der Waals surface area contributed by atoms with E-state index in [9.17, 15) is 24.0 Å². The SMILES string of the molecule is CC[C@H]1N=C(C2(Nc3cccc(C(=O)N[C@H](C)c4ccc(OCCCCCOCCCOCC(=O)NC5C6=C(C=CC5C)C(=O)N(C5CCC(=O)NC5=O)C6)cc4)c3)CCNCC2)NC1c1ccncc1. The number of amides is 5. The number of nitrogens with zero attached hydrogens (tertiary/aromatic N) is 3. The van der Waals surface area contributed by atoms with Crippen molar-refractivity contribution in [3.63, 3.8) is 0 Å². The first-order valence-corrected chi connectivity index (χ1v) is 25.4. The number of ether oxygens (including phenoxy) is 3. The maximum absolute atomic E-state index is 13.6. The summed E-state index contributed by atoms with van der Waals surface area (Å²) < 4.78 is 17.4. The summed E-state index contributed by atoms with van der Waals surface area (Å²) in [6, 6.07) is 18.6. The summed E-state index contributed by atoms with van der Waals surface area (Å²) in [5, 5.41) is 19.6. The van der Waals surface area contributed by atoms with Crippen LogP contribution in [0.25, 0.3) is 0 Å². The van der Waals surface area contributed by atoms with Gasteiger partial charge in [-0.3, -0.25) is 39.3 Å². The average molecular weight is 972 g/mol. The van der Waals surface area contributed by atoms with Gasteiger partial charge in [-0.05, 0) is 136 Å². The molecule has 0 saturated carbocycles. The minimum atomic E-state index is -0.710. The van der Waals surface area contributed by atoms with Crippen molar-refractivity contribution in [3.8, 4) is 5.75 Å². The summed E-state index contributed by atoms with van der Waals surface area (Å²) in [6.07, 6.45) is 13.8. The molecule has 2 saturated heterocycles. The number of amidine groups is 1. The van der Waals surface area contributed by atoms with Crippen LogP contribution in [-0.2, 0) is 28.7 Å². The number of aromatic nitrogens is 1. The van der Waals surface area contributed by atoms with Gasteiger partial charge in [-0.1, -0.05) is 44.2 Å². The number of carbonyl (C=O) groups is 5. The molecule has 6 atom stereocenters. The molecule has 2 fully saturated rings. The summed E-state index contributed by atoms with van der Waals surface area (Å²) in [4.78, 5) is 74.7. The van der Waals surface area contributed by atoms with Crippen molar-refractivity contribution < 1.29 is 38.2 Å². The highest BCUT2D eigenvalue weighted by molar-refractivity contribution is 6.06. The van der Waals surface area contributed by atoms with Crippen LogP contribution < -0.4 is 36.6 Å². The second kappa shape index (κ2) is 24.1. The molecule has 2 aromatic carbocycles. The molecule has 5 amide bonds. The van der Waals surface area contributed by atoms with Crippen molar-refractivity contribution in [1.82, 2.24) is 36.5 Å². The molecule has 1 aromatic heterocycles. The third kappa shape index (κ3) is 12.7. The molecule has 0 bridgehead atoms. The predicted octanol–water partition coefficient (Wildman–Crippen LogP) is 5.24. The summed E-state index contributed by atoms with van der Waals surface area (Å²) in [5.74, 6) is 0.217. The van der Waals surface area contributed by atoms with E-state index in [0.717, 1.165) is 80.0 Å². The van der Waals surface area contributed by atoms with E-state index in [4.69, 9.17) is 19.2 Å². The third-order valence-electron chi connectivity index (χ3n) is 14.2. The fourth-order valence-electron chi connectivity index (χ4n) is 10.1. The molecule has 3 aromatic rings. The maximum Gasteiger partial charge on any atom is 0.254 e. The summed E-state index contributed by atoms with van der Waals surface area (Å²) in [5.41, 5.74) is 4.49. The number of nitrogens with one attached hydrogen (secondary N) is 6. The molecule has 17 heteroatoms. The molecule has 71 heavy (non-hydrogen) atoms. The van der Waals surface area contributed by atoms with Gasteiger partial charge in [0.1, 0.15) is 24.2 Å². The molecule has 6 N–H and O–H groups in total. The zero-order chi connectivity index (χ0) is 49.7. The van der Waals surface area contributed by atoms with Crippen molar-refractivity contribution in [2.24, 2.45) is 10.9 Å². The van der Waals surface area contributed by atoms with Crippen LogP contribution in [0.5, 0.6) is 5.75 Å². The van der Waals surface area contributed by atoms with E-state index in [1.807, 2.05) is 80.8 Å². The van der Waals surface area contributed by atoms with Gasteiger partial charge in [0.2, 0.25) is 17.7 Å². The van der Waals surface area contributed by atoms with Crippen molar-refractivity contribution >= 4 is 41.1 Å². The second-order valence-electron chi connectivity index (χ2n) is 19.2. The Morgan fingerprint density at radius 3 is 2.46 bits per heavy atom. The molecule has 378 valence electrons. The van der Waals surface area contributed by atoms with Gasteiger partial charge >= 0.3 is 0 Å². The molecule has 4 aliphatic heterocycles. The van der Waals surface area contributed by atoms with Gasteiger partial charge in [0, 0.05) is 62.0 Å². The Hall–Kier alpha value is -6.43. The first-order chi connectivity index (χ1) is 34.5. The topological polar surface area (TPSA) is 214 Å². The van der Waals surface area contributed by atoms with Gasteiger partial charge in [0.05, 0.1) is 36.3 Å². The molecule has 0 spiro atoms. The van der Waals surface area contributed by atoms with Crippen LogP contribution in [-0.4, -0.2) is 122 Å². The number of pyridine rings is 1. The molecule has 5 heterocycles. The number of piperidine rings is 2. The summed E-state index contributed by atoms with van der Waals surface area (Å²) in [6.45, 7) is 10.1. The second-order valence-corrected chi connectivity index (χ2v) is 19.2. The van der Waals surface area contributed by atoms with E-state index in [2.05, 4.69) is 55.9 Å². The molecular weight excluding hydrogens is 903 g/mol. The quantitative estimate of drug-likeness (QED) is 0.0533. The number of hydrogen-bond donors (Lipinski definition) is 6. The normalized spacial score (nSPS) is 23.1. The number of rotatable bonds is 23. The lowest BCUT2D eigenvalue weighted by molar-refractivity contribution is -0.142. The van der Waals surface area contributed by atoms with Crippen LogP contribution >= 0.6 is 0 Å². The van der Waals surface area contributed by atoms with Crippen LogP contribution in [0, 0.1) is 5.92 Å². The molecular formula is C54H69N9O8. The number of hydrogen-bond acceptors (Lipinski definition) is 13. The monoisotopic (exact) mass is 972 g/mol. The Morgan fingerprint density at radius 2 is 1.69 bits per heavy atom. The van der Waals surface area contributed by atoms with E-state index in [0.29, 0.717) is 44.0 Å². The highest BCUT2D eigenvalue weighted by atomic mass is 16.5. The first-order valence-electron chi connectivity index (χ1n) is 25.4. The van der Waals surface area contributed by atoms with Crippen LogP contribution in [0.1, 0.15) is 112 Å². The maximum atomic E-state index is 13.6. The van der Waals surface area contributed by atoms with Crippen LogP contribution in [0.2, 0.25) is 0 Å². The van der Waals surface area contributed by atoms with Gasteiger partial charge < -0.3 is 45.7 Å². The highest BCUT2D eigenvalue weighted by Crippen LogP contribution is 2.35. The van der Waals surface area contributed by atoms with Crippen molar-refractivity contribution in [3.05, 3.63) is 113 Å². The molecule has 4 unspecified atom stereocenters. The van der Waals surface area contributed by atoms with Gasteiger partial charge in [-0.15, -0.1) is 0 Å². The van der Waals surface area contributed by atoms with E-state index >= 15 is 0 Å². The van der Waals surface area contributed by atoms with Crippen LogP contribution in [0.15, 0.2) is 101 Å². The minimum Gasteiger partial charge on any atom is -0.494 e. The Morgan fingerprint density at radius 1 is 0.930 bits per heavy atom. The average Bonchev–Trinajstić information content (AvgIpc) is 3.97. The first kappa shape index (κ1) is 50.9. The third-order valence-corrected chi connectivity index (χ3v) is 14.2. The highest BCUT2D eigenvalue weighted by Gasteiger charge is 2.45. The lowest BCUT2D eigenvalue weighted by Gasteiger charge is -2.39. The van der Waals surface area contributed by atoms with Crippen molar-refractivity contribution in [1.29, 1.82) is 0 Å². The number of anilines is 1. The largest absolute Gasteiger partial charge is 0.494 e. The Bertz CT molecular complexity index is 2460. The summed E-state index contributed by atoms with van der Waals surface area (Å²) in [7, 11) is 0. The van der Waals surface area contributed by atoms with Crippen molar-refractivity contribution in [2.45, 2.75) is 114 Å². The fraction of sp³-hybridized carbons (Fsp3) is 0.500. The van der Waals surface area contributed by atoms with E-state index in [1.165, 1.54) is 10.5 Å². The van der Waals surface area contributed by atoms with Crippen molar-refractivity contribution in [2.75, 3.05) is 58.0 Å². The van der Waals surface area contributed by atoms with E-state index in [-0.39, 0.29) is 73.7 Å². The molecule has 8 rings (SSSR count). The lowest BCUT2D eigenvalue weighted by Crippen LogP contribution is -2.57. The Kier molecular flexibility index (Phi) is 17.3. The standard InChI is InChI=1S/C54H69N9O8/c1-4-44-49(38-20-24-55-25-21-38)61-53(58-44)54(22-26-56-27-23-54)62-40-11-8-10-39(32-40)50(66)57-36(3)37-13-15-41(16-14-37)71-31-7-5-6-28-69-29-9-30-70-34-47(65)59-48-35(2)12-17-42-43(48)33-63(52(42)68)45-18-19-46(64)60-51(45)67/h8,10-17,20-21,24-25,32,35-36,44-45,48-49,56,62H,4-7,9,18-19,22-23,26-31,33-34H2,1-3H3,(H,57,66)(H,58,61)(H,59,65)(H,60,64,67)/t35?,36-,44-,45?,48?,49?/m1/s1. The predicted molar refractivity (Wildman–Crippen MR) is 270 cm³/mol. The smallest absolute Gasteiger partial charge is 0.254 e. The molecule has 5 aliphatic rings. The fourth-order valence-corrected chi connectivity index (χ4v) is 10.1. The number of unbranched alkanes of at least 4 members (excludes halogenated alkanes) is 2. The Balaban J connectivity index is 0.685. The lowest BCUT2D eigenvalue weighted by atomic mass is 9.86. The van der Waals surface area contributed by atoms with Gasteiger partial charge in [-0.25, -0.2) is 0 Å². The van der Waals surface area contributed by atoms with Crippen LogP contribution in [0.3, 0.4) is 0 Å². The summed E-state index contributed by atoms with van der Waals surface area (Å²) >= 11 is 0. The molecule has 17 nitrogen and oxygen atoms in total. The Labute approximate surface area is 416 Å². The zero-order valence-electron chi connectivity index (χ0n) is 41.2. The van der Waals surface area contributed by atoms with Gasteiger partial charge in [0.15, 0.2) is 0 Å². The van der Waals surface area contributed by atoms with E-state index in [1.54, 1.807) is 6.08 Å². The molecule has 0 radical (unpaired) electrons. The molecule has 1 aliphatic carbocycles. The minimum absolute atomic E-state index is 0.0484. The number of carbonyl (C=O) groups excluding carboxylic acids is 5. The van der Waals surface area contributed by atoms with Gasteiger partial charge in [0.25, 0.3) is 11.8 Å². The zero-order valence-corrected chi connectivity index (χ0v) is 41.2. The van der Waals surface area contributed by atoms with Crippen LogP contribution in [0.4, 0.5) is 5.69 Å². The number of imide groups is 1. The number of aliphatic imine (C=N–C) groups is 1. The van der Waals surface area contributed by atoms with Gasteiger partial charge in [-0.2, -0.15) is 0 Å².